The molecule has 0 saturated heterocycles. The van der Waals surface area contributed by atoms with Gasteiger partial charge in [-0.1, -0.05) is 19.4 Å². The SMILES string of the molecule is CCCCC(=O)C(C)(C)COc1cccc2c1C(N)=NS(=O)(=O)N2.[H-].[Na+]. The number of nitrogens with zero attached hydrogens (tertiary/aromatic N) is 1. The average molecular weight is 377 g/mol. The van der Waals surface area contributed by atoms with Gasteiger partial charge in [-0.3, -0.25) is 9.52 Å². The van der Waals surface area contributed by atoms with E-state index in [0.29, 0.717) is 23.4 Å². The number of nitrogens with two attached hydrogens (primary N) is 1. The average Bonchev–Trinajstić information content (AvgIpc) is 2.48. The predicted molar refractivity (Wildman–Crippen MR) is 94.6 cm³/mol. The first kappa shape index (κ1) is 22.0. The molecule has 0 fully saturated rings. The number of rotatable bonds is 7. The minimum Gasteiger partial charge on any atom is -1.00 e. The van der Waals surface area contributed by atoms with Crippen LogP contribution in [0.5, 0.6) is 5.75 Å². The fourth-order valence-electron chi connectivity index (χ4n) is 2.35. The van der Waals surface area contributed by atoms with Gasteiger partial charge in [0.1, 0.15) is 18.1 Å². The Morgan fingerprint density at radius 3 is 2.72 bits per heavy atom. The van der Waals surface area contributed by atoms with Crippen LogP contribution in [0.25, 0.3) is 0 Å². The molecule has 1 heterocycles. The molecule has 0 saturated carbocycles. The smallest absolute Gasteiger partial charge is 1.00 e. The fourth-order valence-corrected chi connectivity index (χ4v) is 3.20. The van der Waals surface area contributed by atoms with Crippen molar-refractivity contribution < 1.29 is 48.9 Å². The summed E-state index contributed by atoms with van der Waals surface area (Å²) in [5.41, 5.74) is 5.84. The summed E-state index contributed by atoms with van der Waals surface area (Å²) in [6, 6.07) is 4.91. The van der Waals surface area contributed by atoms with E-state index in [4.69, 9.17) is 10.5 Å². The molecule has 0 bridgehead atoms. The molecular formula is C16H24N3NaO4S. The molecule has 1 aliphatic rings. The van der Waals surface area contributed by atoms with Gasteiger partial charge in [0.05, 0.1) is 16.7 Å². The van der Waals surface area contributed by atoms with Crippen LogP contribution in [-0.2, 0) is 15.0 Å². The summed E-state index contributed by atoms with van der Waals surface area (Å²) in [6.45, 7) is 5.88. The molecule has 1 aromatic carbocycles. The van der Waals surface area contributed by atoms with Crippen molar-refractivity contribution >= 4 is 27.5 Å². The third kappa shape index (κ3) is 5.44. The van der Waals surface area contributed by atoms with E-state index in [1.807, 2.05) is 20.8 Å². The van der Waals surface area contributed by atoms with Crippen molar-refractivity contribution in [1.29, 1.82) is 0 Å². The molecule has 7 nitrogen and oxygen atoms in total. The van der Waals surface area contributed by atoms with Crippen molar-refractivity contribution in [3.8, 4) is 5.75 Å². The number of hydrogen-bond donors (Lipinski definition) is 2. The van der Waals surface area contributed by atoms with E-state index in [-0.39, 0.29) is 49.2 Å². The van der Waals surface area contributed by atoms with E-state index in [9.17, 15) is 13.2 Å². The van der Waals surface area contributed by atoms with Crippen LogP contribution < -0.4 is 44.7 Å². The van der Waals surface area contributed by atoms with Gasteiger partial charge in [-0.15, -0.1) is 4.40 Å². The maximum atomic E-state index is 12.3. The van der Waals surface area contributed by atoms with Gasteiger partial charge in [-0.2, -0.15) is 8.42 Å². The molecule has 1 aliphatic heterocycles. The van der Waals surface area contributed by atoms with Gasteiger partial charge in [0.15, 0.2) is 5.84 Å². The van der Waals surface area contributed by atoms with E-state index < -0.39 is 15.6 Å². The quantitative estimate of drug-likeness (QED) is 0.613. The number of anilines is 1. The summed E-state index contributed by atoms with van der Waals surface area (Å²) in [6.07, 6.45) is 2.33. The summed E-state index contributed by atoms with van der Waals surface area (Å²) in [7, 11) is -3.83. The van der Waals surface area contributed by atoms with E-state index >= 15 is 0 Å². The number of Topliss-reactive ketones (excluding diaryl/α,β-unsaturated/α-hetero) is 1. The number of carbonyl (C=O) groups is 1. The van der Waals surface area contributed by atoms with Crippen LogP contribution in [0.15, 0.2) is 22.6 Å². The van der Waals surface area contributed by atoms with Gasteiger partial charge in [-0.05, 0) is 32.4 Å². The van der Waals surface area contributed by atoms with Crippen LogP contribution in [0, 0.1) is 5.41 Å². The van der Waals surface area contributed by atoms with E-state index in [1.54, 1.807) is 18.2 Å². The molecule has 25 heavy (non-hydrogen) atoms. The van der Waals surface area contributed by atoms with Crippen molar-refractivity contribution in [2.24, 2.45) is 15.5 Å². The molecule has 1 aromatic rings. The minimum atomic E-state index is -3.83. The second-order valence-corrected chi connectivity index (χ2v) is 7.77. The van der Waals surface area contributed by atoms with E-state index in [2.05, 4.69) is 9.12 Å². The van der Waals surface area contributed by atoms with Crippen molar-refractivity contribution in [2.45, 2.75) is 40.0 Å². The predicted octanol–water partition coefficient (Wildman–Crippen LogP) is -0.657. The van der Waals surface area contributed by atoms with Crippen molar-refractivity contribution in [3.05, 3.63) is 23.8 Å². The minimum absolute atomic E-state index is 0. The van der Waals surface area contributed by atoms with Crippen LogP contribution in [-0.4, -0.2) is 26.6 Å². The molecule has 0 spiro atoms. The number of hydrogen-bond acceptors (Lipinski definition) is 5. The standard InChI is InChI=1S/C16H23N3O4S.Na.H/c1-4-5-9-13(20)16(2,3)10-23-12-8-6-7-11-14(12)15(17)19-24(21,22)18-11;;/h6-8,18H,4-5,9-10H2,1-3H3,(H2,17,19);;/q;+1;-1. The Labute approximate surface area is 172 Å². The maximum absolute atomic E-state index is 12.3. The third-order valence-electron chi connectivity index (χ3n) is 3.84. The molecule has 0 aromatic heterocycles. The summed E-state index contributed by atoms with van der Waals surface area (Å²) in [4.78, 5) is 12.3. The number of unbranched alkanes of at least 4 members (excludes halogenated alkanes) is 1. The van der Waals surface area contributed by atoms with Crippen molar-refractivity contribution in [2.75, 3.05) is 11.3 Å². The number of nitrogens with one attached hydrogen (secondary N) is 1. The number of fused-ring (bicyclic) bond motifs is 1. The Morgan fingerprint density at radius 1 is 1.40 bits per heavy atom. The molecular weight excluding hydrogens is 353 g/mol. The largest absolute Gasteiger partial charge is 1.00 e. The zero-order valence-corrected chi connectivity index (χ0v) is 17.9. The summed E-state index contributed by atoms with van der Waals surface area (Å²) in [5, 5.41) is 0. The van der Waals surface area contributed by atoms with Crippen LogP contribution in [0.1, 0.15) is 47.0 Å². The number of amidine groups is 1. The maximum Gasteiger partial charge on any atom is 1.00 e. The van der Waals surface area contributed by atoms with Crippen molar-refractivity contribution in [3.63, 3.8) is 0 Å². The van der Waals surface area contributed by atoms with Crippen molar-refractivity contribution in [1.82, 2.24) is 0 Å². The first-order chi connectivity index (χ1) is 11.2. The molecule has 0 unspecified atom stereocenters. The Hall–Kier alpha value is -1.09. The normalized spacial score (nSPS) is 15.2. The van der Waals surface area contributed by atoms with Gasteiger partial charge in [0.25, 0.3) is 0 Å². The first-order valence-corrected chi connectivity index (χ1v) is 9.28. The summed E-state index contributed by atoms with van der Waals surface area (Å²) < 4.78 is 34.7. The molecule has 0 radical (unpaired) electrons. The number of ketones is 1. The monoisotopic (exact) mass is 377 g/mol. The van der Waals surface area contributed by atoms with Gasteiger partial charge >= 0.3 is 39.8 Å². The first-order valence-electron chi connectivity index (χ1n) is 7.84. The molecule has 2 rings (SSSR count). The van der Waals surface area contributed by atoms with Gasteiger partial charge in [0.2, 0.25) is 0 Å². The molecule has 0 atom stereocenters. The van der Waals surface area contributed by atoms with Gasteiger partial charge < -0.3 is 11.9 Å². The Balaban J connectivity index is 0.00000312. The third-order valence-corrected chi connectivity index (χ3v) is 4.76. The number of ether oxygens (including phenoxy) is 1. The number of carbonyl (C=O) groups excluding carboxylic acids is 1. The van der Waals surface area contributed by atoms with E-state index in [1.165, 1.54) is 0 Å². The summed E-state index contributed by atoms with van der Waals surface area (Å²) in [5.74, 6) is 0.401. The molecule has 0 aliphatic carbocycles. The molecule has 0 amide bonds. The van der Waals surface area contributed by atoms with Crippen LogP contribution >= 0.6 is 0 Å². The zero-order valence-electron chi connectivity index (χ0n) is 16.1. The molecule has 3 N–H and O–H groups in total. The second-order valence-electron chi connectivity index (χ2n) is 6.43. The Bertz CT molecular complexity index is 782. The molecule has 9 heteroatoms. The Kier molecular flexibility index (Phi) is 7.49. The number of benzene rings is 1. The van der Waals surface area contributed by atoms with E-state index in [0.717, 1.165) is 12.8 Å². The second kappa shape index (κ2) is 8.53. The zero-order chi connectivity index (χ0) is 18.0. The van der Waals surface area contributed by atoms with Crippen LogP contribution in [0.2, 0.25) is 0 Å². The Morgan fingerprint density at radius 2 is 2.08 bits per heavy atom. The summed E-state index contributed by atoms with van der Waals surface area (Å²) >= 11 is 0. The fraction of sp³-hybridized carbons (Fsp3) is 0.500. The van der Waals surface area contributed by atoms with Crippen LogP contribution in [0.4, 0.5) is 5.69 Å². The molecule has 134 valence electrons. The van der Waals surface area contributed by atoms with Gasteiger partial charge in [-0.25, -0.2) is 0 Å². The van der Waals surface area contributed by atoms with Crippen LogP contribution in [0.3, 0.4) is 0 Å². The topological polar surface area (TPSA) is 111 Å². The van der Waals surface area contributed by atoms with Gasteiger partial charge in [0, 0.05) is 6.42 Å².